The first kappa shape index (κ1) is 24.4. The van der Waals surface area contributed by atoms with Crippen LogP contribution in [0.3, 0.4) is 0 Å². The Morgan fingerprint density at radius 3 is 2.09 bits per heavy atom. The van der Waals surface area contributed by atoms with Crippen LogP contribution in [-0.2, 0) is 20.0 Å². The molecule has 1 aliphatic heterocycles. The third kappa shape index (κ3) is 5.03. The average molecular weight is 480 g/mol. The Hall–Kier alpha value is -2.27. The molecule has 32 heavy (non-hydrogen) atoms. The molecule has 0 spiro atoms. The summed E-state index contributed by atoms with van der Waals surface area (Å²) in [5, 5.41) is 5.14. The number of carbonyl (C=O) groups is 1. The van der Waals surface area contributed by atoms with Gasteiger partial charge in [0.1, 0.15) is 0 Å². The maximum Gasteiger partial charge on any atom is 0.254 e. The molecule has 0 aromatic heterocycles. The number of piperidine rings is 1. The molecule has 2 aromatic rings. The zero-order chi connectivity index (χ0) is 23.7. The number of carbonyl (C=O) groups excluding carboxylic acids is 1. The van der Waals surface area contributed by atoms with Gasteiger partial charge in [0.2, 0.25) is 20.0 Å². The van der Waals surface area contributed by atoms with Crippen molar-refractivity contribution in [2.24, 2.45) is 5.14 Å². The lowest BCUT2D eigenvalue weighted by Crippen LogP contribution is -2.36. The fourth-order valence-corrected chi connectivity index (χ4v) is 5.83. The second kappa shape index (κ2) is 9.30. The van der Waals surface area contributed by atoms with Gasteiger partial charge in [-0.05, 0) is 62.1 Å². The number of nitrogens with two attached hydrogens (primary N) is 1. The van der Waals surface area contributed by atoms with Crippen molar-refractivity contribution in [1.29, 1.82) is 0 Å². The summed E-state index contributed by atoms with van der Waals surface area (Å²) in [7, 11) is -5.83. The molecule has 1 atom stereocenters. The molecule has 0 bridgehead atoms. The van der Waals surface area contributed by atoms with Crippen LogP contribution in [0.15, 0.2) is 52.3 Å². The van der Waals surface area contributed by atoms with Gasteiger partial charge in [-0.25, -0.2) is 22.0 Å². The highest BCUT2D eigenvalue weighted by atomic mass is 32.2. The van der Waals surface area contributed by atoms with E-state index in [9.17, 15) is 21.6 Å². The van der Waals surface area contributed by atoms with Crippen molar-refractivity contribution in [3.63, 3.8) is 0 Å². The van der Waals surface area contributed by atoms with E-state index in [1.165, 1.54) is 27.4 Å². The summed E-state index contributed by atoms with van der Waals surface area (Å²) in [6.45, 7) is 4.56. The van der Waals surface area contributed by atoms with E-state index in [-0.39, 0.29) is 21.7 Å². The Morgan fingerprint density at radius 1 is 0.969 bits per heavy atom. The molecule has 10 heteroatoms. The number of primary sulfonamides is 1. The van der Waals surface area contributed by atoms with Gasteiger partial charge in [0.25, 0.3) is 5.91 Å². The van der Waals surface area contributed by atoms with Crippen LogP contribution in [0.25, 0.3) is 0 Å². The molecule has 2 N–H and O–H groups in total. The van der Waals surface area contributed by atoms with Gasteiger partial charge in [0.05, 0.1) is 15.8 Å². The van der Waals surface area contributed by atoms with Crippen molar-refractivity contribution >= 4 is 26.0 Å². The molecule has 1 heterocycles. The number of rotatable bonds is 6. The Kier molecular flexibility index (Phi) is 7.09. The number of aryl methyl sites for hydroxylation is 1. The summed E-state index contributed by atoms with van der Waals surface area (Å²) >= 11 is 0. The van der Waals surface area contributed by atoms with Crippen molar-refractivity contribution in [2.45, 2.75) is 48.9 Å². The number of hydrogen-bond acceptors (Lipinski definition) is 5. The average Bonchev–Trinajstić information content (AvgIpc) is 2.78. The lowest BCUT2D eigenvalue weighted by atomic mass is 10.0. The highest BCUT2D eigenvalue weighted by molar-refractivity contribution is 7.89. The van der Waals surface area contributed by atoms with Crippen molar-refractivity contribution in [3.05, 3.63) is 59.2 Å². The Bertz CT molecular complexity index is 1200. The van der Waals surface area contributed by atoms with Crippen molar-refractivity contribution < 1.29 is 21.6 Å². The highest BCUT2D eigenvalue weighted by Crippen LogP contribution is 2.26. The van der Waals surface area contributed by atoms with Gasteiger partial charge >= 0.3 is 0 Å². The fourth-order valence-electron chi connectivity index (χ4n) is 3.77. The lowest BCUT2D eigenvalue weighted by Gasteiger charge is -2.28. The first-order valence-corrected chi connectivity index (χ1v) is 13.4. The van der Waals surface area contributed by atoms with Crippen LogP contribution in [0.4, 0.5) is 0 Å². The van der Waals surface area contributed by atoms with Gasteiger partial charge in [-0.1, -0.05) is 24.6 Å². The van der Waals surface area contributed by atoms with Gasteiger partial charge < -0.3 is 4.90 Å². The number of sulfonamides is 2. The number of nitrogens with zero attached hydrogens (tertiary/aromatic N) is 2. The predicted molar refractivity (Wildman–Crippen MR) is 122 cm³/mol. The summed E-state index contributed by atoms with van der Waals surface area (Å²) in [4.78, 5) is 14.9. The monoisotopic (exact) mass is 479 g/mol. The first-order chi connectivity index (χ1) is 14.9. The van der Waals surface area contributed by atoms with E-state index < -0.39 is 20.0 Å². The van der Waals surface area contributed by atoms with Crippen molar-refractivity contribution in [1.82, 2.24) is 9.21 Å². The molecular formula is C22H29N3O5S2. The summed E-state index contributed by atoms with van der Waals surface area (Å²) < 4.78 is 50.5. The smallest absolute Gasteiger partial charge is 0.254 e. The van der Waals surface area contributed by atoms with Gasteiger partial charge in [-0.3, -0.25) is 4.79 Å². The lowest BCUT2D eigenvalue weighted by molar-refractivity contribution is 0.0741. The van der Waals surface area contributed by atoms with E-state index in [0.717, 1.165) is 24.8 Å². The molecule has 1 saturated heterocycles. The van der Waals surface area contributed by atoms with Crippen LogP contribution in [0.1, 0.15) is 53.7 Å². The van der Waals surface area contributed by atoms with Crippen molar-refractivity contribution in [3.8, 4) is 0 Å². The molecule has 1 amide bonds. The summed E-state index contributed by atoms with van der Waals surface area (Å²) in [6.07, 6.45) is 2.69. The quantitative estimate of drug-likeness (QED) is 0.683. The number of benzene rings is 2. The van der Waals surface area contributed by atoms with E-state index in [4.69, 9.17) is 5.14 Å². The molecule has 174 valence electrons. The summed E-state index contributed by atoms with van der Waals surface area (Å²) in [5.41, 5.74) is 1.72. The molecule has 3 rings (SSSR count). The second-order valence-corrected chi connectivity index (χ2v) is 11.6. The van der Waals surface area contributed by atoms with Crippen LogP contribution in [0.2, 0.25) is 0 Å². The van der Waals surface area contributed by atoms with Gasteiger partial charge in [0, 0.05) is 25.7 Å². The molecule has 0 aliphatic carbocycles. The van der Waals surface area contributed by atoms with E-state index in [0.29, 0.717) is 24.2 Å². The Morgan fingerprint density at radius 2 is 1.53 bits per heavy atom. The van der Waals surface area contributed by atoms with Crippen LogP contribution >= 0.6 is 0 Å². The third-order valence-electron chi connectivity index (χ3n) is 5.98. The maximum atomic E-state index is 13.3. The van der Waals surface area contributed by atoms with E-state index >= 15 is 0 Å². The first-order valence-electron chi connectivity index (χ1n) is 10.4. The largest absolute Gasteiger partial charge is 0.335 e. The minimum Gasteiger partial charge on any atom is -0.335 e. The Labute approximate surface area is 190 Å². The minimum atomic E-state index is -3.80. The fraction of sp³-hybridized carbons (Fsp3) is 0.409. The minimum absolute atomic E-state index is 0.00565. The van der Waals surface area contributed by atoms with Gasteiger partial charge in [-0.2, -0.15) is 4.31 Å². The normalized spacial score (nSPS) is 16.5. The molecule has 1 fully saturated rings. The number of amides is 1. The van der Waals surface area contributed by atoms with Crippen LogP contribution in [0.5, 0.6) is 0 Å². The molecule has 0 radical (unpaired) electrons. The summed E-state index contributed by atoms with van der Waals surface area (Å²) in [6, 6.07) is 10.3. The molecule has 8 nitrogen and oxygen atoms in total. The molecule has 1 unspecified atom stereocenters. The molecular weight excluding hydrogens is 450 g/mol. The topological polar surface area (TPSA) is 118 Å². The van der Waals surface area contributed by atoms with Crippen molar-refractivity contribution in [2.75, 3.05) is 20.1 Å². The number of hydrogen-bond donors (Lipinski definition) is 1. The van der Waals surface area contributed by atoms with E-state index in [1.807, 2.05) is 6.92 Å². The third-order valence-corrected chi connectivity index (χ3v) is 8.81. The van der Waals surface area contributed by atoms with Gasteiger partial charge in [-0.15, -0.1) is 0 Å². The molecule has 2 aromatic carbocycles. The van der Waals surface area contributed by atoms with E-state index in [1.54, 1.807) is 38.2 Å². The van der Waals surface area contributed by atoms with Crippen LogP contribution in [-0.4, -0.2) is 52.1 Å². The Balaban J connectivity index is 1.87. The van der Waals surface area contributed by atoms with E-state index in [2.05, 4.69) is 0 Å². The summed E-state index contributed by atoms with van der Waals surface area (Å²) in [5.74, 6) is -0.318. The second-order valence-electron chi connectivity index (χ2n) is 8.15. The predicted octanol–water partition coefficient (Wildman–Crippen LogP) is 2.65. The molecule has 0 saturated carbocycles. The SMILES string of the molecule is Cc1ccc(S(=O)(=O)N2CCCCC2)cc1C(=O)N(C)C(C)c1ccc(S(N)(=O)=O)cc1. The van der Waals surface area contributed by atoms with Crippen LogP contribution < -0.4 is 5.14 Å². The zero-order valence-corrected chi connectivity index (χ0v) is 20.1. The van der Waals surface area contributed by atoms with Gasteiger partial charge in [0.15, 0.2) is 0 Å². The molecule has 1 aliphatic rings. The van der Waals surface area contributed by atoms with Crippen LogP contribution in [0, 0.1) is 6.92 Å². The maximum absolute atomic E-state index is 13.3. The zero-order valence-electron chi connectivity index (χ0n) is 18.5. The standard InChI is InChI=1S/C22H29N3O5S2/c1-16-7-10-20(32(29,30)25-13-5-4-6-14-25)15-21(16)22(26)24(3)17(2)18-8-11-19(12-9-18)31(23,27)28/h7-12,15,17H,4-6,13-14H2,1-3H3,(H2,23,27,28). The highest BCUT2D eigenvalue weighted by Gasteiger charge is 2.28.